The number of rotatable bonds is 8. The van der Waals surface area contributed by atoms with Crippen molar-refractivity contribution in [3.63, 3.8) is 0 Å². The van der Waals surface area contributed by atoms with Gasteiger partial charge in [-0.15, -0.1) is 0 Å². The molecule has 1 saturated heterocycles. The monoisotopic (exact) mass is 299 g/mol. The molecule has 1 rings (SSSR count). The van der Waals surface area contributed by atoms with Crippen molar-refractivity contribution in [1.82, 2.24) is 15.1 Å². The summed E-state index contributed by atoms with van der Waals surface area (Å²) in [6.07, 6.45) is 2.84. The molecule has 1 aliphatic heterocycles. The fraction of sp³-hybridized carbons (Fsp3) is 0.938. The van der Waals surface area contributed by atoms with Crippen molar-refractivity contribution in [3.05, 3.63) is 0 Å². The van der Waals surface area contributed by atoms with Crippen LogP contribution in [0.2, 0.25) is 0 Å². The number of ether oxygens (including phenoxy) is 1. The highest BCUT2D eigenvalue weighted by Crippen LogP contribution is 2.17. The van der Waals surface area contributed by atoms with Gasteiger partial charge < -0.3 is 15.0 Å². The van der Waals surface area contributed by atoms with E-state index in [1.165, 1.54) is 7.11 Å². The number of methoxy groups -OCH3 is 1. The highest BCUT2D eigenvalue weighted by molar-refractivity contribution is 5.80. The van der Waals surface area contributed by atoms with Gasteiger partial charge in [0.1, 0.15) is 5.54 Å². The third kappa shape index (κ3) is 5.57. The maximum absolute atomic E-state index is 12.0. The number of carbonyl (C=O) groups excluding carboxylic acids is 1. The number of esters is 1. The van der Waals surface area contributed by atoms with Crippen LogP contribution in [-0.2, 0) is 9.53 Å². The number of hydrogen-bond acceptors (Lipinski definition) is 5. The van der Waals surface area contributed by atoms with Gasteiger partial charge in [-0.05, 0) is 53.2 Å². The van der Waals surface area contributed by atoms with E-state index < -0.39 is 5.54 Å². The van der Waals surface area contributed by atoms with Crippen LogP contribution < -0.4 is 5.32 Å². The first kappa shape index (κ1) is 18.4. The Morgan fingerprint density at radius 2 is 2.14 bits per heavy atom. The zero-order chi connectivity index (χ0) is 15.9. The number of hydrogen-bond donors (Lipinski definition) is 1. The quantitative estimate of drug-likeness (QED) is 0.685. The minimum absolute atomic E-state index is 0.151. The SMILES string of the molecule is CCCNC(C)(CCCN1CCN(C)CC1C)C(=O)OC. The summed E-state index contributed by atoms with van der Waals surface area (Å²) in [5.41, 5.74) is -0.555. The van der Waals surface area contributed by atoms with Crippen LogP contribution in [0.5, 0.6) is 0 Å². The third-order valence-corrected chi connectivity index (χ3v) is 4.49. The van der Waals surface area contributed by atoms with Gasteiger partial charge in [-0.2, -0.15) is 0 Å². The molecule has 0 aliphatic carbocycles. The summed E-state index contributed by atoms with van der Waals surface area (Å²) < 4.78 is 4.97. The molecule has 0 aromatic carbocycles. The lowest BCUT2D eigenvalue weighted by Gasteiger charge is -2.38. The Labute approximate surface area is 130 Å². The van der Waals surface area contributed by atoms with Crippen molar-refractivity contribution in [2.45, 2.75) is 51.6 Å². The van der Waals surface area contributed by atoms with E-state index in [9.17, 15) is 4.79 Å². The van der Waals surface area contributed by atoms with Gasteiger partial charge in [0.2, 0.25) is 0 Å². The lowest BCUT2D eigenvalue weighted by atomic mass is 9.95. The number of carbonyl (C=O) groups is 1. The van der Waals surface area contributed by atoms with E-state index in [-0.39, 0.29) is 5.97 Å². The minimum Gasteiger partial charge on any atom is -0.468 e. The van der Waals surface area contributed by atoms with Gasteiger partial charge in [-0.3, -0.25) is 9.69 Å². The molecule has 1 aliphatic rings. The predicted molar refractivity (Wildman–Crippen MR) is 86.5 cm³/mol. The van der Waals surface area contributed by atoms with E-state index in [0.717, 1.165) is 52.0 Å². The molecule has 5 heteroatoms. The molecule has 0 radical (unpaired) electrons. The van der Waals surface area contributed by atoms with E-state index in [4.69, 9.17) is 4.74 Å². The van der Waals surface area contributed by atoms with Gasteiger partial charge in [0.25, 0.3) is 0 Å². The van der Waals surface area contributed by atoms with Crippen molar-refractivity contribution < 1.29 is 9.53 Å². The van der Waals surface area contributed by atoms with Crippen molar-refractivity contribution in [2.24, 2.45) is 0 Å². The second-order valence-corrected chi connectivity index (χ2v) is 6.50. The van der Waals surface area contributed by atoms with Crippen LogP contribution in [0, 0.1) is 0 Å². The van der Waals surface area contributed by atoms with Crippen molar-refractivity contribution >= 4 is 5.97 Å². The lowest BCUT2D eigenvalue weighted by molar-refractivity contribution is -0.148. The molecule has 1 heterocycles. The van der Waals surface area contributed by atoms with Gasteiger partial charge in [0.15, 0.2) is 0 Å². The molecule has 0 amide bonds. The first-order valence-electron chi connectivity index (χ1n) is 8.19. The van der Waals surface area contributed by atoms with Gasteiger partial charge in [0, 0.05) is 25.7 Å². The molecule has 2 atom stereocenters. The molecular weight excluding hydrogens is 266 g/mol. The largest absolute Gasteiger partial charge is 0.468 e. The van der Waals surface area contributed by atoms with Gasteiger partial charge >= 0.3 is 5.97 Å². The average Bonchev–Trinajstić information content (AvgIpc) is 2.46. The Bertz CT molecular complexity index is 325. The maximum atomic E-state index is 12.0. The molecule has 1 fully saturated rings. The first-order chi connectivity index (χ1) is 9.92. The molecule has 2 unspecified atom stereocenters. The summed E-state index contributed by atoms with van der Waals surface area (Å²) >= 11 is 0. The molecule has 5 nitrogen and oxygen atoms in total. The molecule has 1 N–H and O–H groups in total. The lowest BCUT2D eigenvalue weighted by Crippen LogP contribution is -2.52. The number of nitrogens with zero attached hydrogens (tertiary/aromatic N) is 2. The second-order valence-electron chi connectivity index (χ2n) is 6.50. The Balaban J connectivity index is 2.44. The van der Waals surface area contributed by atoms with Crippen LogP contribution >= 0.6 is 0 Å². The Morgan fingerprint density at radius 3 is 2.71 bits per heavy atom. The summed E-state index contributed by atoms with van der Waals surface area (Å²) in [4.78, 5) is 16.9. The summed E-state index contributed by atoms with van der Waals surface area (Å²) in [7, 11) is 3.65. The van der Waals surface area contributed by atoms with Crippen LogP contribution in [0.4, 0.5) is 0 Å². The van der Waals surface area contributed by atoms with Crippen molar-refractivity contribution in [3.8, 4) is 0 Å². The molecule has 0 bridgehead atoms. The Kier molecular flexibility index (Phi) is 7.63. The fourth-order valence-electron chi connectivity index (χ4n) is 3.03. The third-order valence-electron chi connectivity index (χ3n) is 4.49. The van der Waals surface area contributed by atoms with Crippen LogP contribution in [0.25, 0.3) is 0 Å². The normalized spacial score (nSPS) is 23.8. The Hall–Kier alpha value is -0.650. The van der Waals surface area contributed by atoms with Gasteiger partial charge in [0.05, 0.1) is 7.11 Å². The summed E-state index contributed by atoms with van der Waals surface area (Å²) in [5.74, 6) is -0.151. The first-order valence-corrected chi connectivity index (χ1v) is 8.19. The molecular formula is C16H33N3O2. The highest BCUT2D eigenvalue weighted by atomic mass is 16.5. The number of nitrogens with one attached hydrogen (secondary N) is 1. The minimum atomic E-state index is -0.555. The predicted octanol–water partition coefficient (Wildman–Crippen LogP) is 1.33. The van der Waals surface area contributed by atoms with Crippen molar-refractivity contribution in [2.75, 3.05) is 46.9 Å². The van der Waals surface area contributed by atoms with Crippen molar-refractivity contribution in [1.29, 1.82) is 0 Å². The Morgan fingerprint density at radius 1 is 1.43 bits per heavy atom. The summed E-state index contributed by atoms with van der Waals surface area (Å²) in [5, 5.41) is 3.35. The van der Waals surface area contributed by atoms with Gasteiger partial charge in [-0.1, -0.05) is 6.92 Å². The second kappa shape index (κ2) is 8.71. The zero-order valence-corrected chi connectivity index (χ0v) is 14.4. The molecule has 0 saturated carbocycles. The summed E-state index contributed by atoms with van der Waals surface area (Å²) in [6.45, 7) is 11.6. The van der Waals surface area contributed by atoms with E-state index in [2.05, 4.69) is 36.0 Å². The van der Waals surface area contributed by atoms with E-state index in [0.29, 0.717) is 6.04 Å². The van der Waals surface area contributed by atoms with Crippen LogP contribution in [0.3, 0.4) is 0 Å². The fourth-order valence-corrected chi connectivity index (χ4v) is 3.03. The summed E-state index contributed by atoms with van der Waals surface area (Å²) in [6, 6.07) is 0.594. The molecule has 0 spiro atoms. The smallest absolute Gasteiger partial charge is 0.325 e. The van der Waals surface area contributed by atoms with Gasteiger partial charge in [-0.25, -0.2) is 0 Å². The van der Waals surface area contributed by atoms with Crippen LogP contribution in [0.15, 0.2) is 0 Å². The van der Waals surface area contributed by atoms with E-state index in [1.807, 2.05) is 6.92 Å². The molecule has 0 aromatic heterocycles. The highest BCUT2D eigenvalue weighted by Gasteiger charge is 2.33. The standard InChI is InChI=1S/C16H33N3O2/c1-6-9-17-16(3,15(20)21-5)8-7-10-19-12-11-18(4)13-14(19)2/h14,17H,6-13H2,1-5H3. The van der Waals surface area contributed by atoms with Crippen LogP contribution in [-0.4, -0.2) is 74.2 Å². The molecule has 0 aromatic rings. The number of piperazine rings is 1. The van der Waals surface area contributed by atoms with E-state index in [1.54, 1.807) is 0 Å². The zero-order valence-electron chi connectivity index (χ0n) is 14.4. The van der Waals surface area contributed by atoms with Crippen LogP contribution in [0.1, 0.15) is 40.0 Å². The van der Waals surface area contributed by atoms with E-state index >= 15 is 0 Å². The topological polar surface area (TPSA) is 44.8 Å². The molecule has 124 valence electrons. The average molecular weight is 299 g/mol. The maximum Gasteiger partial charge on any atom is 0.325 e. The molecule has 21 heavy (non-hydrogen) atoms. The number of likely N-dealkylation sites (N-methyl/N-ethyl adjacent to an activating group) is 1.